The second kappa shape index (κ2) is 8.13. The molecule has 2 aromatic carbocycles. The summed E-state index contributed by atoms with van der Waals surface area (Å²) in [6.07, 6.45) is 1.78. The fourth-order valence-corrected chi connectivity index (χ4v) is 3.33. The molecular formula is C21H23N3O2. The number of hydrogen-bond acceptors (Lipinski definition) is 4. The Hall–Kier alpha value is -2.68. The van der Waals surface area contributed by atoms with Crippen molar-refractivity contribution in [3.63, 3.8) is 0 Å². The molecule has 1 saturated heterocycles. The standard InChI is InChI=1S/C21H23N3O2/c1-16(25)24-20-8-4-18(5-9-20)15-23-21(10-12-26-13-11-21)19-6-2-17(14-22)3-7-19/h2-9,23H,10-13,15H2,1H3,(H,24,25). The van der Waals surface area contributed by atoms with E-state index in [-0.39, 0.29) is 11.4 Å². The third kappa shape index (κ3) is 4.29. The molecule has 1 amide bonds. The van der Waals surface area contributed by atoms with Crippen molar-refractivity contribution in [3.8, 4) is 6.07 Å². The zero-order chi connectivity index (χ0) is 18.4. The van der Waals surface area contributed by atoms with Crippen LogP contribution in [0.5, 0.6) is 0 Å². The molecule has 26 heavy (non-hydrogen) atoms. The molecule has 2 aromatic rings. The molecule has 5 heteroatoms. The second-order valence-corrected chi connectivity index (χ2v) is 6.62. The molecule has 1 heterocycles. The number of carbonyl (C=O) groups is 1. The van der Waals surface area contributed by atoms with Gasteiger partial charge in [-0.25, -0.2) is 0 Å². The Kier molecular flexibility index (Phi) is 5.67. The Balaban J connectivity index is 1.74. The van der Waals surface area contributed by atoms with Crippen LogP contribution in [-0.4, -0.2) is 19.1 Å². The van der Waals surface area contributed by atoms with Crippen molar-refractivity contribution in [1.29, 1.82) is 5.26 Å². The van der Waals surface area contributed by atoms with E-state index in [0.717, 1.165) is 30.6 Å². The van der Waals surface area contributed by atoms with Gasteiger partial charge in [-0.15, -0.1) is 0 Å². The van der Waals surface area contributed by atoms with E-state index in [0.29, 0.717) is 18.8 Å². The molecule has 0 bridgehead atoms. The number of anilines is 1. The van der Waals surface area contributed by atoms with Gasteiger partial charge in [-0.1, -0.05) is 24.3 Å². The monoisotopic (exact) mass is 349 g/mol. The van der Waals surface area contributed by atoms with Crippen LogP contribution in [0.15, 0.2) is 48.5 Å². The smallest absolute Gasteiger partial charge is 0.221 e. The first-order chi connectivity index (χ1) is 12.6. The zero-order valence-electron chi connectivity index (χ0n) is 14.9. The van der Waals surface area contributed by atoms with Gasteiger partial charge in [-0.05, 0) is 48.2 Å². The molecule has 1 aliphatic heterocycles. The molecule has 134 valence electrons. The lowest BCUT2D eigenvalue weighted by atomic mass is 9.82. The molecule has 0 atom stereocenters. The highest BCUT2D eigenvalue weighted by Crippen LogP contribution is 2.32. The van der Waals surface area contributed by atoms with E-state index in [4.69, 9.17) is 10.00 Å². The molecule has 0 aliphatic carbocycles. The van der Waals surface area contributed by atoms with Gasteiger partial charge in [0.05, 0.1) is 11.6 Å². The molecule has 1 aliphatic rings. The molecule has 2 N–H and O–H groups in total. The van der Waals surface area contributed by atoms with Gasteiger partial charge in [0.2, 0.25) is 5.91 Å². The molecule has 1 fully saturated rings. The number of hydrogen-bond donors (Lipinski definition) is 2. The van der Waals surface area contributed by atoms with E-state index in [9.17, 15) is 4.79 Å². The SMILES string of the molecule is CC(=O)Nc1ccc(CNC2(c3ccc(C#N)cc3)CCOCC2)cc1. The maximum atomic E-state index is 11.1. The molecule has 3 rings (SSSR count). The predicted molar refractivity (Wildman–Crippen MR) is 100 cm³/mol. The summed E-state index contributed by atoms with van der Waals surface area (Å²) in [6.45, 7) is 3.66. The summed E-state index contributed by atoms with van der Waals surface area (Å²) in [5, 5.41) is 15.5. The highest BCUT2D eigenvalue weighted by Gasteiger charge is 2.33. The summed E-state index contributed by atoms with van der Waals surface area (Å²) >= 11 is 0. The minimum atomic E-state index is -0.150. The zero-order valence-corrected chi connectivity index (χ0v) is 14.9. The van der Waals surface area contributed by atoms with Crippen molar-refractivity contribution in [2.24, 2.45) is 0 Å². The Morgan fingerprint density at radius 2 is 1.77 bits per heavy atom. The molecule has 0 radical (unpaired) electrons. The number of nitrogens with one attached hydrogen (secondary N) is 2. The number of benzene rings is 2. The summed E-state index contributed by atoms with van der Waals surface area (Å²) in [4.78, 5) is 11.1. The van der Waals surface area contributed by atoms with E-state index >= 15 is 0 Å². The van der Waals surface area contributed by atoms with Crippen LogP contribution in [0, 0.1) is 11.3 Å². The van der Waals surface area contributed by atoms with E-state index in [1.807, 2.05) is 48.5 Å². The molecule has 0 unspecified atom stereocenters. The predicted octanol–water partition coefficient (Wildman–Crippen LogP) is 3.31. The lowest BCUT2D eigenvalue weighted by Gasteiger charge is -2.39. The fourth-order valence-electron chi connectivity index (χ4n) is 3.33. The van der Waals surface area contributed by atoms with Crippen molar-refractivity contribution in [1.82, 2.24) is 5.32 Å². The topological polar surface area (TPSA) is 74.2 Å². The first kappa shape index (κ1) is 18.1. The van der Waals surface area contributed by atoms with Crippen LogP contribution < -0.4 is 10.6 Å². The third-order valence-electron chi connectivity index (χ3n) is 4.82. The summed E-state index contributed by atoms with van der Waals surface area (Å²) in [6, 6.07) is 17.9. The number of carbonyl (C=O) groups excluding carboxylic acids is 1. The molecule has 0 spiro atoms. The van der Waals surface area contributed by atoms with Crippen LogP contribution in [0.3, 0.4) is 0 Å². The van der Waals surface area contributed by atoms with Gasteiger partial charge in [0, 0.05) is 37.9 Å². The largest absolute Gasteiger partial charge is 0.381 e. The molecule has 0 saturated carbocycles. The third-order valence-corrected chi connectivity index (χ3v) is 4.82. The van der Waals surface area contributed by atoms with E-state index < -0.39 is 0 Å². The summed E-state index contributed by atoms with van der Waals surface area (Å²) in [5.74, 6) is -0.0714. The normalized spacial score (nSPS) is 15.8. The van der Waals surface area contributed by atoms with Crippen LogP contribution in [0.2, 0.25) is 0 Å². The van der Waals surface area contributed by atoms with E-state index in [1.165, 1.54) is 12.5 Å². The lowest BCUT2D eigenvalue weighted by molar-refractivity contribution is -0.114. The number of nitrogens with zero attached hydrogens (tertiary/aromatic N) is 1. The summed E-state index contributed by atoms with van der Waals surface area (Å²) in [7, 11) is 0. The van der Waals surface area contributed by atoms with Crippen LogP contribution in [0.25, 0.3) is 0 Å². The van der Waals surface area contributed by atoms with Crippen LogP contribution in [0.1, 0.15) is 36.5 Å². The quantitative estimate of drug-likeness (QED) is 0.868. The van der Waals surface area contributed by atoms with Crippen LogP contribution in [0.4, 0.5) is 5.69 Å². The first-order valence-electron chi connectivity index (χ1n) is 8.81. The maximum absolute atomic E-state index is 11.1. The molecule has 0 aromatic heterocycles. The highest BCUT2D eigenvalue weighted by atomic mass is 16.5. The number of ether oxygens (including phenoxy) is 1. The summed E-state index contributed by atoms with van der Waals surface area (Å²) < 4.78 is 5.56. The number of nitriles is 1. The Labute approximate surface area is 154 Å². The van der Waals surface area contributed by atoms with Gasteiger partial charge >= 0.3 is 0 Å². The van der Waals surface area contributed by atoms with Gasteiger partial charge in [0.1, 0.15) is 0 Å². The maximum Gasteiger partial charge on any atom is 0.221 e. The van der Waals surface area contributed by atoms with Crippen LogP contribution in [-0.2, 0) is 21.6 Å². The van der Waals surface area contributed by atoms with Gasteiger partial charge in [-0.3, -0.25) is 4.79 Å². The minimum absolute atomic E-state index is 0.0714. The average molecular weight is 349 g/mol. The molecular weight excluding hydrogens is 326 g/mol. The van der Waals surface area contributed by atoms with Gasteiger partial charge < -0.3 is 15.4 Å². The number of rotatable bonds is 5. The first-order valence-corrected chi connectivity index (χ1v) is 8.81. The van der Waals surface area contributed by atoms with Crippen molar-refractivity contribution in [3.05, 3.63) is 65.2 Å². The van der Waals surface area contributed by atoms with Crippen molar-refractivity contribution in [2.45, 2.75) is 31.8 Å². The van der Waals surface area contributed by atoms with Gasteiger partial charge in [0.25, 0.3) is 0 Å². The Bertz CT molecular complexity index is 786. The van der Waals surface area contributed by atoms with Gasteiger partial charge in [0.15, 0.2) is 0 Å². The lowest BCUT2D eigenvalue weighted by Crippen LogP contribution is -2.46. The number of amides is 1. The van der Waals surface area contributed by atoms with E-state index in [1.54, 1.807) is 0 Å². The van der Waals surface area contributed by atoms with Gasteiger partial charge in [-0.2, -0.15) is 5.26 Å². The summed E-state index contributed by atoms with van der Waals surface area (Å²) in [5.41, 5.74) is 3.66. The van der Waals surface area contributed by atoms with Crippen molar-refractivity contribution >= 4 is 11.6 Å². The minimum Gasteiger partial charge on any atom is -0.381 e. The fraction of sp³-hybridized carbons (Fsp3) is 0.333. The van der Waals surface area contributed by atoms with Crippen molar-refractivity contribution in [2.75, 3.05) is 18.5 Å². The second-order valence-electron chi connectivity index (χ2n) is 6.62. The van der Waals surface area contributed by atoms with Crippen molar-refractivity contribution < 1.29 is 9.53 Å². The van der Waals surface area contributed by atoms with Crippen LogP contribution >= 0.6 is 0 Å². The highest BCUT2D eigenvalue weighted by molar-refractivity contribution is 5.88. The molecule has 5 nitrogen and oxygen atoms in total. The Morgan fingerprint density at radius 1 is 1.12 bits per heavy atom. The van der Waals surface area contributed by atoms with E-state index in [2.05, 4.69) is 16.7 Å². The Morgan fingerprint density at radius 3 is 2.35 bits per heavy atom. The average Bonchev–Trinajstić information content (AvgIpc) is 2.68.